The van der Waals surface area contributed by atoms with Crippen molar-refractivity contribution in [1.29, 1.82) is 0 Å². The van der Waals surface area contributed by atoms with Gasteiger partial charge in [-0.25, -0.2) is 4.79 Å². The molecule has 0 bridgehead atoms. The van der Waals surface area contributed by atoms with Crippen molar-refractivity contribution in [3.05, 3.63) is 58.6 Å². The van der Waals surface area contributed by atoms with Gasteiger partial charge in [-0.2, -0.15) is 0 Å². The SMILES string of the molecule is CCS(=O)c1ccccc1C(=O)OC(C)C(=O)Nc1cc(Cl)ccc1C. The molecule has 0 saturated carbocycles. The van der Waals surface area contributed by atoms with Gasteiger partial charge in [0, 0.05) is 16.5 Å². The van der Waals surface area contributed by atoms with Gasteiger partial charge in [0.15, 0.2) is 6.10 Å². The molecule has 1 N–H and O–H groups in total. The fourth-order valence-corrected chi connectivity index (χ4v) is 3.34. The Morgan fingerprint density at radius 3 is 2.62 bits per heavy atom. The minimum absolute atomic E-state index is 0.200. The number of ether oxygens (including phenoxy) is 1. The third-order valence-corrected chi connectivity index (χ3v) is 5.33. The number of anilines is 1. The summed E-state index contributed by atoms with van der Waals surface area (Å²) in [6.07, 6.45) is -1.02. The lowest BCUT2D eigenvalue weighted by Gasteiger charge is -2.16. The molecule has 1 amide bonds. The number of hydrogen-bond acceptors (Lipinski definition) is 4. The zero-order valence-electron chi connectivity index (χ0n) is 14.7. The van der Waals surface area contributed by atoms with Crippen molar-refractivity contribution in [1.82, 2.24) is 0 Å². The Labute approximate surface area is 160 Å². The van der Waals surface area contributed by atoms with Crippen molar-refractivity contribution in [3.63, 3.8) is 0 Å². The summed E-state index contributed by atoms with van der Waals surface area (Å²) in [7, 11) is -1.30. The minimum atomic E-state index is -1.30. The number of carbonyl (C=O) groups is 2. The molecule has 0 aromatic heterocycles. The number of hydrogen-bond donors (Lipinski definition) is 1. The fourth-order valence-electron chi connectivity index (χ4n) is 2.23. The number of rotatable bonds is 6. The molecule has 26 heavy (non-hydrogen) atoms. The van der Waals surface area contributed by atoms with Crippen molar-refractivity contribution in [2.45, 2.75) is 31.8 Å². The Morgan fingerprint density at radius 1 is 1.23 bits per heavy atom. The highest BCUT2D eigenvalue weighted by molar-refractivity contribution is 7.85. The largest absolute Gasteiger partial charge is 0.449 e. The van der Waals surface area contributed by atoms with Crippen molar-refractivity contribution in [3.8, 4) is 0 Å². The van der Waals surface area contributed by atoms with E-state index in [1.54, 1.807) is 43.3 Å². The normalized spacial score (nSPS) is 12.9. The summed E-state index contributed by atoms with van der Waals surface area (Å²) >= 11 is 5.94. The van der Waals surface area contributed by atoms with Crippen molar-refractivity contribution >= 4 is 40.0 Å². The first-order chi connectivity index (χ1) is 12.3. The maximum atomic E-state index is 12.4. The van der Waals surface area contributed by atoms with Gasteiger partial charge < -0.3 is 10.1 Å². The van der Waals surface area contributed by atoms with Gasteiger partial charge in [-0.15, -0.1) is 0 Å². The number of benzene rings is 2. The third kappa shape index (κ3) is 4.93. The summed E-state index contributed by atoms with van der Waals surface area (Å²) in [6, 6.07) is 11.7. The Kier molecular flexibility index (Phi) is 6.94. The molecule has 0 aliphatic heterocycles. The van der Waals surface area contributed by atoms with Crippen molar-refractivity contribution in [2.24, 2.45) is 0 Å². The second-order valence-electron chi connectivity index (χ2n) is 5.63. The lowest BCUT2D eigenvalue weighted by Crippen LogP contribution is -2.30. The molecule has 2 aromatic carbocycles. The van der Waals surface area contributed by atoms with Crippen LogP contribution in [0.15, 0.2) is 47.4 Å². The molecule has 2 aromatic rings. The molecule has 0 aliphatic carbocycles. The van der Waals surface area contributed by atoms with E-state index in [1.807, 2.05) is 6.92 Å². The number of aryl methyl sites for hydroxylation is 1. The van der Waals surface area contributed by atoms with E-state index in [0.29, 0.717) is 21.4 Å². The van der Waals surface area contributed by atoms with Crippen LogP contribution in [0.3, 0.4) is 0 Å². The summed E-state index contributed by atoms with van der Waals surface area (Å²) in [4.78, 5) is 25.1. The highest BCUT2D eigenvalue weighted by Crippen LogP contribution is 2.21. The predicted molar refractivity (Wildman–Crippen MR) is 103 cm³/mol. The average molecular weight is 394 g/mol. The molecule has 0 fully saturated rings. The van der Waals surface area contributed by atoms with Crippen LogP contribution in [0.4, 0.5) is 5.69 Å². The van der Waals surface area contributed by atoms with E-state index >= 15 is 0 Å². The Bertz CT molecular complexity index is 853. The molecule has 5 nitrogen and oxygen atoms in total. The summed E-state index contributed by atoms with van der Waals surface area (Å²) in [5, 5.41) is 3.19. The second-order valence-corrected chi connectivity index (χ2v) is 7.77. The molecule has 7 heteroatoms. The molecule has 2 rings (SSSR count). The van der Waals surface area contributed by atoms with Crippen molar-refractivity contribution in [2.75, 3.05) is 11.1 Å². The van der Waals surface area contributed by atoms with Crippen LogP contribution in [0, 0.1) is 6.92 Å². The van der Waals surface area contributed by atoms with Crippen LogP contribution in [-0.2, 0) is 20.3 Å². The quantitative estimate of drug-likeness (QED) is 0.754. The van der Waals surface area contributed by atoms with Crippen molar-refractivity contribution < 1.29 is 18.5 Å². The number of nitrogens with one attached hydrogen (secondary N) is 1. The summed E-state index contributed by atoms with van der Waals surface area (Å²) in [5.41, 5.74) is 1.59. The zero-order valence-corrected chi connectivity index (χ0v) is 16.3. The van der Waals surface area contributed by atoms with Crippen LogP contribution in [-0.4, -0.2) is 27.9 Å². The Balaban J connectivity index is 2.11. The first-order valence-corrected chi connectivity index (χ1v) is 9.78. The number of carbonyl (C=O) groups excluding carboxylic acids is 2. The minimum Gasteiger partial charge on any atom is -0.449 e. The van der Waals surface area contributed by atoms with E-state index in [2.05, 4.69) is 5.32 Å². The van der Waals surface area contributed by atoms with Gasteiger partial charge in [0.25, 0.3) is 5.91 Å². The summed E-state index contributed by atoms with van der Waals surface area (Å²) in [6.45, 7) is 5.08. The molecule has 0 aliphatic rings. The Hall–Kier alpha value is -2.18. The topological polar surface area (TPSA) is 72.5 Å². The van der Waals surface area contributed by atoms with E-state index < -0.39 is 28.8 Å². The second kappa shape index (κ2) is 8.96. The maximum absolute atomic E-state index is 12.4. The van der Waals surface area contributed by atoms with Gasteiger partial charge in [-0.1, -0.05) is 36.7 Å². The summed E-state index contributed by atoms with van der Waals surface area (Å²) in [5.74, 6) is -0.778. The summed E-state index contributed by atoms with van der Waals surface area (Å²) < 4.78 is 17.3. The molecule has 138 valence electrons. The number of esters is 1. The van der Waals surface area contributed by atoms with Gasteiger partial charge in [0.2, 0.25) is 0 Å². The molecule has 0 heterocycles. The third-order valence-electron chi connectivity index (χ3n) is 3.72. The highest BCUT2D eigenvalue weighted by Gasteiger charge is 2.22. The van der Waals surface area contributed by atoms with E-state index in [0.717, 1.165) is 5.56 Å². The van der Waals surface area contributed by atoms with Crippen LogP contribution in [0.25, 0.3) is 0 Å². The molecule has 2 unspecified atom stereocenters. The molecule has 0 spiro atoms. The van der Waals surface area contributed by atoms with Gasteiger partial charge in [-0.05, 0) is 43.7 Å². The zero-order chi connectivity index (χ0) is 19.3. The number of amides is 1. The van der Waals surface area contributed by atoms with Gasteiger partial charge in [-0.3, -0.25) is 9.00 Å². The first-order valence-electron chi connectivity index (χ1n) is 8.09. The van der Waals surface area contributed by atoms with Gasteiger partial charge in [0.1, 0.15) is 0 Å². The average Bonchev–Trinajstić information content (AvgIpc) is 2.63. The molecule has 0 saturated heterocycles. The molecular formula is C19H20ClNO4S. The van der Waals surface area contributed by atoms with E-state index in [1.165, 1.54) is 13.0 Å². The van der Waals surface area contributed by atoms with E-state index in [-0.39, 0.29) is 5.56 Å². The van der Waals surface area contributed by atoms with E-state index in [9.17, 15) is 13.8 Å². The monoisotopic (exact) mass is 393 g/mol. The Morgan fingerprint density at radius 2 is 1.92 bits per heavy atom. The number of halogens is 1. The van der Waals surface area contributed by atoms with Gasteiger partial charge >= 0.3 is 5.97 Å². The smallest absolute Gasteiger partial charge is 0.340 e. The van der Waals surface area contributed by atoms with E-state index in [4.69, 9.17) is 16.3 Å². The van der Waals surface area contributed by atoms with Crippen LogP contribution in [0.2, 0.25) is 5.02 Å². The van der Waals surface area contributed by atoms with Crippen LogP contribution in [0.1, 0.15) is 29.8 Å². The standard InChI is InChI=1S/C19H20ClNO4S/c1-4-26(24)17-8-6-5-7-15(17)19(23)25-13(3)18(22)21-16-11-14(20)10-9-12(16)2/h5-11,13H,4H2,1-3H3,(H,21,22). The lowest BCUT2D eigenvalue weighted by molar-refractivity contribution is -0.123. The molecule has 2 atom stereocenters. The predicted octanol–water partition coefficient (Wildman–Crippen LogP) is 3.96. The van der Waals surface area contributed by atoms with Crippen LogP contribution in [0.5, 0.6) is 0 Å². The lowest BCUT2D eigenvalue weighted by atomic mass is 10.2. The fraction of sp³-hybridized carbons (Fsp3) is 0.263. The maximum Gasteiger partial charge on any atom is 0.340 e. The van der Waals surface area contributed by atoms with Crippen LogP contribution < -0.4 is 5.32 Å². The van der Waals surface area contributed by atoms with Gasteiger partial charge in [0.05, 0.1) is 21.3 Å². The molecular weight excluding hydrogens is 374 g/mol. The molecule has 0 radical (unpaired) electrons. The van der Waals surface area contributed by atoms with Crippen LogP contribution >= 0.6 is 11.6 Å². The highest BCUT2D eigenvalue weighted by atomic mass is 35.5. The first kappa shape index (κ1) is 20.1.